The van der Waals surface area contributed by atoms with Crippen molar-refractivity contribution in [3.05, 3.63) is 54.6 Å². The van der Waals surface area contributed by atoms with Crippen molar-refractivity contribution in [3.63, 3.8) is 0 Å². The molecule has 0 aliphatic carbocycles. The van der Waals surface area contributed by atoms with E-state index in [0.717, 1.165) is 16.3 Å². The molecule has 0 fully saturated rings. The highest BCUT2D eigenvalue weighted by Crippen LogP contribution is 2.24. The first kappa shape index (κ1) is 19.8. The quantitative estimate of drug-likeness (QED) is 0.539. The Morgan fingerprint density at radius 3 is 2.50 bits per heavy atom. The van der Waals surface area contributed by atoms with Crippen molar-refractivity contribution in [2.75, 3.05) is 31.8 Å². The van der Waals surface area contributed by atoms with Crippen LogP contribution in [-0.4, -0.2) is 43.2 Å². The van der Waals surface area contributed by atoms with Crippen LogP contribution in [0.15, 0.2) is 59.5 Å². The summed E-state index contributed by atoms with van der Waals surface area (Å²) in [7, 11) is 1.64. The Morgan fingerprint density at radius 1 is 1.08 bits per heavy atom. The molecule has 0 atom stereocenters. The summed E-state index contributed by atoms with van der Waals surface area (Å²) in [5.41, 5.74) is 0.766. The van der Waals surface area contributed by atoms with Gasteiger partial charge in [0, 0.05) is 18.4 Å². The molecular weight excluding hydrogens is 348 g/mol. The Hall–Kier alpha value is -2.47. The fraction of sp³-hybridized carbons (Fsp3) is 0.300. The van der Waals surface area contributed by atoms with Crippen molar-refractivity contribution in [3.8, 4) is 5.75 Å². The van der Waals surface area contributed by atoms with Gasteiger partial charge in [-0.3, -0.25) is 9.59 Å². The number of carbonyl (C=O) groups is 2. The smallest absolute Gasteiger partial charge is 0.244 e. The number of nitrogens with zero attached hydrogens (tertiary/aromatic N) is 1. The van der Waals surface area contributed by atoms with Crippen molar-refractivity contribution in [2.45, 2.75) is 17.7 Å². The van der Waals surface area contributed by atoms with Crippen LogP contribution >= 0.6 is 11.8 Å². The van der Waals surface area contributed by atoms with Crippen LogP contribution < -0.4 is 10.1 Å². The number of thioether (sulfide) groups is 1. The first-order valence-electron chi connectivity index (χ1n) is 8.45. The third-order valence-corrected chi connectivity index (χ3v) is 4.53. The number of para-hydroxylation sites is 2. The number of ether oxygens (including phenoxy) is 1. The minimum absolute atomic E-state index is 0.0289. The summed E-state index contributed by atoms with van der Waals surface area (Å²) in [5.74, 6) is 0.512. The Kier molecular flexibility index (Phi) is 8.02. The van der Waals surface area contributed by atoms with Gasteiger partial charge in [0.25, 0.3) is 0 Å². The zero-order valence-electron chi connectivity index (χ0n) is 15.1. The highest BCUT2D eigenvalue weighted by molar-refractivity contribution is 7.98. The van der Waals surface area contributed by atoms with Gasteiger partial charge in [-0.2, -0.15) is 0 Å². The van der Waals surface area contributed by atoms with Crippen molar-refractivity contribution in [1.82, 2.24) is 4.90 Å². The fourth-order valence-corrected chi connectivity index (χ4v) is 2.92. The number of rotatable bonds is 9. The number of nitrogens with one attached hydrogen (secondary N) is 1. The average molecular weight is 372 g/mol. The van der Waals surface area contributed by atoms with E-state index in [2.05, 4.69) is 5.32 Å². The van der Waals surface area contributed by atoms with E-state index >= 15 is 0 Å². The minimum Gasteiger partial charge on any atom is -0.494 e. The van der Waals surface area contributed by atoms with Crippen LogP contribution in [0.1, 0.15) is 12.8 Å². The molecule has 0 spiro atoms. The number of amides is 2. The molecule has 0 saturated carbocycles. The Labute approximate surface area is 158 Å². The summed E-state index contributed by atoms with van der Waals surface area (Å²) in [6.07, 6.45) is 2.91. The zero-order valence-corrected chi connectivity index (χ0v) is 15.9. The standard InChI is InChI=1S/C20H24N2O3S/c1-22(15-19(23)21-17-11-6-7-12-18(17)26-2)20(24)13-8-14-25-16-9-4-3-5-10-16/h3-7,9-12H,8,13-15H2,1-2H3,(H,21,23). The van der Waals surface area contributed by atoms with Crippen LogP contribution in [0.4, 0.5) is 5.69 Å². The van der Waals surface area contributed by atoms with Crippen LogP contribution in [-0.2, 0) is 9.59 Å². The van der Waals surface area contributed by atoms with E-state index in [0.29, 0.717) is 19.4 Å². The van der Waals surface area contributed by atoms with Crippen molar-refractivity contribution < 1.29 is 14.3 Å². The molecule has 0 aliphatic heterocycles. The lowest BCUT2D eigenvalue weighted by molar-refractivity contribution is -0.133. The summed E-state index contributed by atoms with van der Waals surface area (Å²) in [6, 6.07) is 17.1. The number of hydrogen-bond acceptors (Lipinski definition) is 4. The molecule has 2 rings (SSSR count). The summed E-state index contributed by atoms with van der Waals surface area (Å²) in [6.45, 7) is 0.498. The van der Waals surface area contributed by atoms with Crippen molar-refractivity contribution in [1.29, 1.82) is 0 Å². The van der Waals surface area contributed by atoms with Gasteiger partial charge in [0.1, 0.15) is 5.75 Å². The number of benzene rings is 2. The molecule has 0 aromatic heterocycles. The van der Waals surface area contributed by atoms with E-state index in [1.54, 1.807) is 18.8 Å². The maximum Gasteiger partial charge on any atom is 0.244 e. The monoisotopic (exact) mass is 372 g/mol. The van der Waals surface area contributed by atoms with E-state index < -0.39 is 0 Å². The maximum atomic E-state index is 12.2. The van der Waals surface area contributed by atoms with Gasteiger partial charge in [-0.1, -0.05) is 30.3 Å². The van der Waals surface area contributed by atoms with Crippen LogP contribution in [0.2, 0.25) is 0 Å². The molecule has 2 amide bonds. The predicted octanol–water partition coefficient (Wildman–Crippen LogP) is 3.66. The largest absolute Gasteiger partial charge is 0.494 e. The fourth-order valence-electron chi connectivity index (χ4n) is 2.36. The molecule has 0 heterocycles. The average Bonchev–Trinajstić information content (AvgIpc) is 2.66. The van der Waals surface area contributed by atoms with Gasteiger partial charge in [-0.25, -0.2) is 0 Å². The zero-order chi connectivity index (χ0) is 18.8. The molecule has 138 valence electrons. The molecule has 0 bridgehead atoms. The van der Waals surface area contributed by atoms with Crippen LogP contribution in [0.5, 0.6) is 5.75 Å². The number of likely N-dealkylation sites (N-methyl/N-ethyl adjacent to an activating group) is 1. The number of anilines is 1. The lowest BCUT2D eigenvalue weighted by Gasteiger charge is -2.17. The van der Waals surface area contributed by atoms with E-state index in [9.17, 15) is 9.59 Å². The highest BCUT2D eigenvalue weighted by Gasteiger charge is 2.13. The van der Waals surface area contributed by atoms with Crippen molar-refractivity contribution >= 4 is 29.3 Å². The van der Waals surface area contributed by atoms with Gasteiger partial charge in [0.15, 0.2) is 0 Å². The van der Waals surface area contributed by atoms with E-state index in [4.69, 9.17) is 4.74 Å². The Morgan fingerprint density at radius 2 is 1.77 bits per heavy atom. The molecule has 26 heavy (non-hydrogen) atoms. The minimum atomic E-state index is -0.206. The lowest BCUT2D eigenvalue weighted by atomic mass is 10.3. The van der Waals surface area contributed by atoms with Gasteiger partial charge in [-0.05, 0) is 36.9 Å². The molecule has 2 aromatic carbocycles. The summed E-state index contributed by atoms with van der Waals surface area (Å²) in [5, 5.41) is 2.86. The lowest BCUT2D eigenvalue weighted by Crippen LogP contribution is -2.35. The summed E-state index contributed by atoms with van der Waals surface area (Å²) in [4.78, 5) is 26.8. The molecule has 0 aliphatic rings. The molecule has 0 saturated heterocycles. The van der Waals surface area contributed by atoms with Gasteiger partial charge >= 0.3 is 0 Å². The second-order valence-corrected chi connectivity index (χ2v) is 6.61. The summed E-state index contributed by atoms with van der Waals surface area (Å²) >= 11 is 1.57. The molecule has 1 N–H and O–H groups in total. The first-order chi connectivity index (χ1) is 12.6. The summed E-state index contributed by atoms with van der Waals surface area (Å²) < 4.78 is 5.57. The van der Waals surface area contributed by atoms with Crippen LogP contribution in [0.3, 0.4) is 0 Å². The van der Waals surface area contributed by atoms with E-state index in [-0.39, 0.29) is 18.4 Å². The van der Waals surface area contributed by atoms with Crippen molar-refractivity contribution in [2.24, 2.45) is 0 Å². The first-order valence-corrected chi connectivity index (χ1v) is 9.67. The molecule has 0 unspecified atom stereocenters. The maximum absolute atomic E-state index is 12.2. The molecule has 5 nitrogen and oxygen atoms in total. The normalized spacial score (nSPS) is 10.2. The van der Waals surface area contributed by atoms with Gasteiger partial charge in [0.2, 0.25) is 11.8 Å². The third-order valence-electron chi connectivity index (χ3n) is 3.73. The number of carbonyl (C=O) groups excluding carboxylic acids is 2. The predicted molar refractivity (Wildman–Crippen MR) is 106 cm³/mol. The van der Waals surface area contributed by atoms with E-state index in [1.165, 1.54) is 4.90 Å². The van der Waals surface area contributed by atoms with Crippen LogP contribution in [0.25, 0.3) is 0 Å². The van der Waals surface area contributed by atoms with Gasteiger partial charge in [-0.15, -0.1) is 11.8 Å². The third kappa shape index (κ3) is 6.44. The SMILES string of the molecule is CSc1ccccc1NC(=O)CN(C)C(=O)CCCOc1ccccc1. The highest BCUT2D eigenvalue weighted by atomic mass is 32.2. The second kappa shape index (κ2) is 10.5. The molecular formula is C20H24N2O3S. The Balaban J connectivity index is 1.71. The van der Waals surface area contributed by atoms with Gasteiger partial charge < -0.3 is 15.0 Å². The second-order valence-electron chi connectivity index (χ2n) is 5.76. The van der Waals surface area contributed by atoms with E-state index in [1.807, 2.05) is 60.9 Å². The number of hydrogen-bond donors (Lipinski definition) is 1. The Bertz CT molecular complexity index is 722. The topological polar surface area (TPSA) is 58.6 Å². The van der Waals surface area contributed by atoms with Crippen LogP contribution in [0, 0.1) is 0 Å². The molecule has 2 aromatic rings. The molecule has 0 radical (unpaired) electrons. The molecule has 6 heteroatoms. The van der Waals surface area contributed by atoms with Gasteiger partial charge in [0.05, 0.1) is 18.8 Å².